The summed E-state index contributed by atoms with van der Waals surface area (Å²) in [5.41, 5.74) is 2.24. The Balaban J connectivity index is 1.61. The molecule has 2 heterocycles. The van der Waals surface area contributed by atoms with Crippen LogP contribution in [-0.2, 0) is 19.5 Å². The van der Waals surface area contributed by atoms with Gasteiger partial charge in [0.1, 0.15) is 0 Å². The molecular formula is C17H20N4O5. The summed E-state index contributed by atoms with van der Waals surface area (Å²) in [7, 11) is 3.12. The number of aromatic carboxylic acids is 1. The van der Waals surface area contributed by atoms with E-state index in [2.05, 4.69) is 15.5 Å². The van der Waals surface area contributed by atoms with Crippen LogP contribution in [-0.4, -0.2) is 53.0 Å². The van der Waals surface area contributed by atoms with Crippen molar-refractivity contribution < 1.29 is 24.2 Å². The minimum absolute atomic E-state index is 0.0328. The van der Waals surface area contributed by atoms with E-state index in [0.29, 0.717) is 48.8 Å². The van der Waals surface area contributed by atoms with Crippen molar-refractivity contribution in [1.82, 2.24) is 20.4 Å². The van der Waals surface area contributed by atoms with Crippen molar-refractivity contribution in [2.75, 3.05) is 20.8 Å². The molecule has 2 aromatic rings. The summed E-state index contributed by atoms with van der Waals surface area (Å²) in [4.78, 5) is 25.1. The first-order chi connectivity index (χ1) is 12.5. The summed E-state index contributed by atoms with van der Waals surface area (Å²) in [5.74, 6) is 0.161. The van der Waals surface area contributed by atoms with Gasteiger partial charge in [0.2, 0.25) is 0 Å². The Bertz CT molecular complexity index is 833. The van der Waals surface area contributed by atoms with Gasteiger partial charge in [0, 0.05) is 18.7 Å². The largest absolute Gasteiger partial charge is 0.493 e. The molecule has 9 heteroatoms. The molecule has 26 heavy (non-hydrogen) atoms. The highest BCUT2D eigenvalue weighted by molar-refractivity contribution is 5.87. The molecule has 9 nitrogen and oxygen atoms in total. The van der Waals surface area contributed by atoms with Gasteiger partial charge in [-0.2, -0.15) is 5.10 Å². The van der Waals surface area contributed by atoms with Crippen LogP contribution in [0.5, 0.6) is 11.5 Å². The van der Waals surface area contributed by atoms with E-state index in [-0.39, 0.29) is 11.7 Å². The van der Waals surface area contributed by atoms with Gasteiger partial charge in [0.25, 0.3) is 0 Å². The van der Waals surface area contributed by atoms with Gasteiger partial charge in [-0.05, 0) is 24.1 Å². The highest BCUT2D eigenvalue weighted by Gasteiger charge is 2.27. The quantitative estimate of drug-likeness (QED) is 0.742. The lowest BCUT2D eigenvalue weighted by molar-refractivity contribution is 0.0689. The van der Waals surface area contributed by atoms with Crippen molar-refractivity contribution >= 4 is 12.0 Å². The number of hydrogen-bond acceptors (Lipinski definition) is 5. The van der Waals surface area contributed by atoms with Crippen molar-refractivity contribution in [2.24, 2.45) is 0 Å². The number of H-pyrrole nitrogens is 1. The fourth-order valence-electron chi connectivity index (χ4n) is 2.95. The number of hydrogen-bond donors (Lipinski definition) is 3. The van der Waals surface area contributed by atoms with Crippen LogP contribution in [0.15, 0.2) is 18.2 Å². The zero-order chi connectivity index (χ0) is 18.7. The van der Waals surface area contributed by atoms with Crippen LogP contribution in [0, 0.1) is 0 Å². The Hall–Kier alpha value is -3.23. The molecule has 0 unspecified atom stereocenters. The average molecular weight is 360 g/mol. The van der Waals surface area contributed by atoms with Crippen molar-refractivity contribution in [3.8, 4) is 11.5 Å². The van der Waals surface area contributed by atoms with E-state index < -0.39 is 5.97 Å². The molecule has 0 aliphatic carbocycles. The molecule has 0 saturated heterocycles. The van der Waals surface area contributed by atoms with E-state index in [0.717, 1.165) is 5.56 Å². The minimum Gasteiger partial charge on any atom is -0.493 e. The van der Waals surface area contributed by atoms with Gasteiger partial charge < -0.3 is 24.8 Å². The molecule has 138 valence electrons. The number of amides is 2. The molecular weight excluding hydrogens is 340 g/mol. The maximum Gasteiger partial charge on any atom is 0.356 e. The molecule has 0 radical (unpaired) electrons. The van der Waals surface area contributed by atoms with Crippen molar-refractivity contribution in [3.05, 3.63) is 40.7 Å². The van der Waals surface area contributed by atoms with Crippen LogP contribution in [0.4, 0.5) is 4.79 Å². The summed E-state index contributed by atoms with van der Waals surface area (Å²) in [6.45, 7) is 1.07. The Labute approximate surface area is 149 Å². The number of carbonyl (C=O) groups excluding carboxylic acids is 1. The second kappa shape index (κ2) is 7.34. The molecule has 3 N–H and O–H groups in total. The van der Waals surface area contributed by atoms with Gasteiger partial charge >= 0.3 is 12.0 Å². The molecule has 0 bridgehead atoms. The summed E-state index contributed by atoms with van der Waals surface area (Å²) in [6.07, 6.45) is 0.456. The van der Waals surface area contributed by atoms with Gasteiger partial charge in [-0.1, -0.05) is 6.07 Å². The fourth-order valence-corrected chi connectivity index (χ4v) is 2.95. The predicted octanol–water partition coefficient (Wildman–Crippen LogP) is 1.39. The smallest absolute Gasteiger partial charge is 0.356 e. The first-order valence-electron chi connectivity index (χ1n) is 8.06. The molecule has 1 aromatic carbocycles. The Morgan fingerprint density at radius 3 is 2.77 bits per heavy atom. The number of nitrogens with zero attached hydrogens (tertiary/aromatic N) is 2. The Morgan fingerprint density at radius 1 is 1.31 bits per heavy atom. The van der Waals surface area contributed by atoms with Crippen LogP contribution in [0.2, 0.25) is 0 Å². The summed E-state index contributed by atoms with van der Waals surface area (Å²) in [5, 5.41) is 18.5. The summed E-state index contributed by atoms with van der Waals surface area (Å²) < 4.78 is 10.4. The van der Waals surface area contributed by atoms with Gasteiger partial charge in [-0.25, -0.2) is 9.59 Å². The van der Waals surface area contributed by atoms with E-state index in [1.54, 1.807) is 31.3 Å². The van der Waals surface area contributed by atoms with E-state index >= 15 is 0 Å². The molecule has 0 saturated carbocycles. The number of methoxy groups -OCH3 is 2. The van der Waals surface area contributed by atoms with Crippen molar-refractivity contribution in [1.29, 1.82) is 0 Å². The lowest BCUT2D eigenvalue weighted by Crippen LogP contribution is -2.42. The molecule has 1 aliphatic heterocycles. The van der Waals surface area contributed by atoms with E-state index in [4.69, 9.17) is 14.6 Å². The number of aromatic nitrogens is 2. The number of carbonyl (C=O) groups is 2. The van der Waals surface area contributed by atoms with Crippen LogP contribution >= 0.6 is 0 Å². The number of benzene rings is 1. The Kier molecular flexibility index (Phi) is 4.97. The van der Waals surface area contributed by atoms with Crippen LogP contribution in [0.25, 0.3) is 0 Å². The number of urea groups is 1. The third kappa shape index (κ3) is 3.41. The van der Waals surface area contributed by atoms with Gasteiger partial charge in [-0.3, -0.25) is 5.10 Å². The van der Waals surface area contributed by atoms with E-state index in [9.17, 15) is 9.59 Å². The minimum atomic E-state index is -1.06. The van der Waals surface area contributed by atoms with Crippen LogP contribution in [0.1, 0.15) is 27.3 Å². The van der Waals surface area contributed by atoms with Crippen molar-refractivity contribution in [2.45, 2.75) is 19.5 Å². The zero-order valence-electron chi connectivity index (χ0n) is 14.5. The summed E-state index contributed by atoms with van der Waals surface area (Å²) in [6, 6.07) is 5.22. The highest BCUT2D eigenvalue weighted by atomic mass is 16.5. The maximum atomic E-state index is 12.4. The predicted molar refractivity (Wildman–Crippen MR) is 91.4 cm³/mol. The number of aromatic amines is 1. The number of carboxylic acid groups (broad SMARTS) is 1. The maximum absolute atomic E-state index is 12.4. The molecule has 1 aliphatic rings. The van der Waals surface area contributed by atoms with E-state index in [1.165, 1.54) is 0 Å². The van der Waals surface area contributed by atoms with Crippen LogP contribution < -0.4 is 14.8 Å². The second-order valence-electron chi connectivity index (χ2n) is 5.85. The lowest BCUT2D eigenvalue weighted by atomic mass is 10.0. The normalized spacial score (nSPS) is 13.1. The number of fused-ring (bicyclic) bond motifs is 1. The third-order valence-electron chi connectivity index (χ3n) is 4.31. The van der Waals surface area contributed by atoms with E-state index in [1.807, 2.05) is 6.07 Å². The molecule has 0 atom stereocenters. The van der Waals surface area contributed by atoms with Gasteiger partial charge in [0.15, 0.2) is 17.2 Å². The standard InChI is InChI=1S/C17H20N4O5/c1-25-13-4-3-10(7-14(13)26-2)8-18-17(24)21-6-5-11-12(9-21)19-20-15(11)16(22)23/h3-4,7H,5-6,8-9H2,1-2H3,(H,18,24)(H,19,20)(H,22,23). The third-order valence-corrected chi connectivity index (χ3v) is 4.31. The number of carboxylic acids is 1. The van der Waals surface area contributed by atoms with Gasteiger partial charge in [0.05, 0.1) is 26.5 Å². The number of rotatable bonds is 5. The SMILES string of the molecule is COc1ccc(CNC(=O)N2CCc3c(C(=O)O)n[nH]c3C2)cc1OC. The highest BCUT2D eigenvalue weighted by Crippen LogP contribution is 2.27. The average Bonchev–Trinajstić information content (AvgIpc) is 3.09. The topological polar surface area (TPSA) is 117 Å². The molecule has 1 aromatic heterocycles. The number of ether oxygens (including phenoxy) is 2. The first-order valence-corrected chi connectivity index (χ1v) is 8.06. The zero-order valence-corrected chi connectivity index (χ0v) is 14.5. The Morgan fingerprint density at radius 2 is 2.08 bits per heavy atom. The molecule has 3 rings (SSSR count). The van der Waals surface area contributed by atoms with Crippen LogP contribution in [0.3, 0.4) is 0 Å². The summed E-state index contributed by atoms with van der Waals surface area (Å²) >= 11 is 0. The molecule has 2 amide bonds. The monoisotopic (exact) mass is 360 g/mol. The lowest BCUT2D eigenvalue weighted by Gasteiger charge is -2.27. The van der Waals surface area contributed by atoms with Crippen molar-refractivity contribution in [3.63, 3.8) is 0 Å². The molecule has 0 spiro atoms. The number of nitrogens with one attached hydrogen (secondary N) is 2. The molecule has 0 fully saturated rings. The fraction of sp³-hybridized carbons (Fsp3) is 0.353. The van der Waals surface area contributed by atoms with Gasteiger partial charge in [-0.15, -0.1) is 0 Å². The first kappa shape index (κ1) is 17.6. The second-order valence-corrected chi connectivity index (χ2v) is 5.85.